The van der Waals surface area contributed by atoms with Crippen molar-refractivity contribution in [3.63, 3.8) is 0 Å². The summed E-state index contributed by atoms with van der Waals surface area (Å²) in [6, 6.07) is 14.6. The van der Waals surface area contributed by atoms with E-state index < -0.39 is 0 Å². The van der Waals surface area contributed by atoms with Crippen molar-refractivity contribution >= 4 is 23.3 Å². The van der Waals surface area contributed by atoms with E-state index in [1.807, 2.05) is 81.4 Å². The number of nitrogens with one attached hydrogen (secondary N) is 1. The van der Waals surface area contributed by atoms with Crippen LogP contribution >= 0.6 is 0 Å². The van der Waals surface area contributed by atoms with Crippen molar-refractivity contribution in [1.29, 1.82) is 0 Å². The van der Waals surface area contributed by atoms with Gasteiger partial charge in [-0.1, -0.05) is 25.1 Å². The summed E-state index contributed by atoms with van der Waals surface area (Å²) in [5.41, 5.74) is 2.49. The predicted octanol–water partition coefficient (Wildman–Crippen LogP) is 3.07. The number of para-hydroxylation sites is 1. The Morgan fingerprint density at radius 3 is 2.56 bits per heavy atom. The highest BCUT2D eigenvalue weighted by Gasteiger charge is 2.31. The van der Waals surface area contributed by atoms with E-state index in [0.29, 0.717) is 18.8 Å². The minimum Gasteiger partial charge on any atom is -0.488 e. The molecule has 184 valence electrons. The fourth-order valence-electron chi connectivity index (χ4n) is 4.01. The molecule has 0 radical (unpaired) electrons. The maximum Gasteiger partial charge on any atom is 0.321 e. The van der Waals surface area contributed by atoms with Gasteiger partial charge in [0.05, 0.1) is 25.6 Å². The molecule has 1 heterocycles. The minimum atomic E-state index is -0.352. The van der Waals surface area contributed by atoms with Gasteiger partial charge in [-0.25, -0.2) is 4.79 Å². The molecular weight excluding hydrogens is 432 g/mol. The molecule has 2 N–H and O–H groups in total. The number of carbonyl (C=O) groups excluding carboxylic acids is 2. The van der Waals surface area contributed by atoms with Gasteiger partial charge in [0.2, 0.25) is 5.91 Å². The van der Waals surface area contributed by atoms with Crippen molar-refractivity contribution in [3.05, 3.63) is 54.1 Å². The third kappa shape index (κ3) is 6.20. The summed E-state index contributed by atoms with van der Waals surface area (Å²) in [4.78, 5) is 31.3. The van der Waals surface area contributed by atoms with Gasteiger partial charge < -0.3 is 29.9 Å². The molecule has 2 aromatic carbocycles. The fourth-order valence-corrected chi connectivity index (χ4v) is 4.01. The number of hydrogen-bond donors (Lipinski definition) is 2. The average molecular weight is 469 g/mol. The molecule has 1 aliphatic rings. The number of anilines is 2. The summed E-state index contributed by atoms with van der Waals surface area (Å²) in [5, 5.41) is 12.7. The van der Waals surface area contributed by atoms with Gasteiger partial charge in [-0.2, -0.15) is 0 Å². The van der Waals surface area contributed by atoms with Crippen molar-refractivity contribution in [2.24, 2.45) is 5.92 Å². The van der Waals surface area contributed by atoms with Crippen molar-refractivity contribution in [3.8, 4) is 5.75 Å². The Kier molecular flexibility index (Phi) is 8.39. The van der Waals surface area contributed by atoms with Crippen LogP contribution < -0.4 is 15.0 Å². The molecule has 34 heavy (non-hydrogen) atoms. The highest BCUT2D eigenvalue weighted by molar-refractivity contribution is 5.89. The third-order valence-corrected chi connectivity index (χ3v) is 6.24. The number of benzene rings is 2. The highest BCUT2D eigenvalue weighted by Crippen LogP contribution is 2.30. The number of rotatable bonds is 6. The van der Waals surface area contributed by atoms with E-state index >= 15 is 0 Å². The summed E-state index contributed by atoms with van der Waals surface area (Å²) in [7, 11) is 5.63. The number of carbonyl (C=O) groups is 2. The number of ether oxygens (including phenoxy) is 1. The molecule has 0 saturated heterocycles. The lowest BCUT2D eigenvalue weighted by molar-refractivity contribution is -0.134. The lowest BCUT2D eigenvalue weighted by Gasteiger charge is -2.34. The Morgan fingerprint density at radius 2 is 1.91 bits per heavy atom. The second kappa shape index (κ2) is 11.2. The van der Waals surface area contributed by atoms with Crippen LogP contribution in [0.15, 0.2) is 48.5 Å². The van der Waals surface area contributed by atoms with Gasteiger partial charge in [-0.3, -0.25) is 4.79 Å². The first kappa shape index (κ1) is 25.4. The molecule has 0 fully saturated rings. The standard InChI is InChI=1S/C26H36N4O4/c1-18-15-30(19(2)17-31)25(32)14-20-13-22(28(3)4)11-12-23(20)34-24(18)16-29(5)26(33)27-21-9-7-6-8-10-21/h6-13,18-19,24,31H,14-17H2,1-5H3,(H,27,33)/t18-,19-,24-/m1/s1. The molecule has 2 aromatic rings. The summed E-state index contributed by atoms with van der Waals surface area (Å²) in [6.07, 6.45) is -0.166. The van der Waals surface area contributed by atoms with Crippen LogP contribution in [0.25, 0.3) is 0 Å². The normalized spacial score (nSPS) is 19.1. The van der Waals surface area contributed by atoms with Gasteiger partial charge in [0, 0.05) is 50.5 Å². The van der Waals surface area contributed by atoms with E-state index in [-0.39, 0.29) is 43.0 Å². The Balaban J connectivity index is 1.88. The first-order chi connectivity index (χ1) is 16.2. The van der Waals surface area contributed by atoms with Gasteiger partial charge in [0.15, 0.2) is 0 Å². The Labute approximate surface area is 202 Å². The van der Waals surface area contributed by atoms with Gasteiger partial charge in [-0.05, 0) is 37.3 Å². The molecular formula is C26H36N4O4. The lowest BCUT2D eigenvalue weighted by Crippen LogP contribution is -2.48. The van der Waals surface area contributed by atoms with Crippen LogP contribution in [0.5, 0.6) is 5.75 Å². The second-order valence-electron chi connectivity index (χ2n) is 9.25. The third-order valence-electron chi connectivity index (χ3n) is 6.24. The Hall–Kier alpha value is -3.26. The Bertz CT molecular complexity index is 982. The van der Waals surface area contributed by atoms with Gasteiger partial charge in [-0.15, -0.1) is 0 Å². The van der Waals surface area contributed by atoms with E-state index in [2.05, 4.69) is 5.32 Å². The number of aliphatic hydroxyl groups is 1. The molecule has 8 nitrogen and oxygen atoms in total. The van der Waals surface area contributed by atoms with E-state index in [9.17, 15) is 14.7 Å². The number of likely N-dealkylation sites (N-methyl/N-ethyl adjacent to an activating group) is 1. The molecule has 8 heteroatoms. The topological polar surface area (TPSA) is 85.4 Å². The molecule has 3 atom stereocenters. The summed E-state index contributed by atoms with van der Waals surface area (Å²) in [6.45, 7) is 4.50. The van der Waals surface area contributed by atoms with Crippen LogP contribution in [0, 0.1) is 5.92 Å². The zero-order chi connectivity index (χ0) is 24.8. The van der Waals surface area contributed by atoms with Gasteiger partial charge >= 0.3 is 6.03 Å². The molecule has 0 aromatic heterocycles. The fraction of sp³-hybridized carbons (Fsp3) is 0.462. The van der Waals surface area contributed by atoms with Gasteiger partial charge in [0.25, 0.3) is 0 Å². The van der Waals surface area contributed by atoms with Crippen molar-refractivity contribution in [2.45, 2.75) is 32.4 Å². The minimum absolute atomic E-state index is 0.0509. The largest absolute Gasteiger partial charge is 0.488 e. The zero-order valence-electron chi connectivity index (χ0n) is 20.7. The van der Waals surface area contributed by atoms with Crippen LogP contribution in [0.4, 0.5) is 16.2 Å². The molecule has 0 bridgehead atoms. The number of amides is 3. The maximum absolute atomic E-state index is 13.2. The van der Waals surface area contributed by atoms with E-state index in [1.54, 1.807) is 16.8 Å². The number of nitrogens with zero attached hydrogens (tertiary/aromatic N) is 3. The zero-order valence-corrected chi connectivity index (χ0v) is 20.7. The van der Waals surface area contributed by atoms with Crippen molar-refractivity contribution < 1.29 is 19.4 Å². The summed E-state index contributed by atoms with van der Waals surface area (Å²) < 4.78 is 6.46. The van der Waals surface area contributed by atoms with E-state index in [0.717, 1.165) is 16.9 Å². The quantitative estimate of drug-likeness (QED) is 0.681. The first-order valence-corrected chi connectivity index (χ1v) is 11.6. The predicted molar refractivity (Wildman–Crippen MR) is 134 cm³/mol. The van der Waals surface area contributed by atoms with Crippen LogP contribution in [-0.4, -0.2) is 79.8 Å². The Morgan fingerprint density at radius 1 is 1.21 bits per heavy atom. The lowest BCUT2D eigenvalue weighted by atomic mass is 10.0. The van der Waals surface area contributed by atoms with E-state index in [1.165, 1.54) is 0 Å². The second-order valence-corrected chi connectivity index (χ2v) is 9.25. The van der Waals surface area contributed by atoms with Crippen molar-refractivity contribution in [1.82, 2.24) is 9.80 Å². The molecule has 0 saturated carbocycles. The molecule has 3 rings (SSSR count). The van der Waals surface area contributed by atoms with Crippen LogP contribution in [-0.2, 0) is 11.2 Å². The SMILES string of the molecule is C[C@@H]1CN([C@H](C)CO)C(=O)Cc2cc(N(C)C)ccc2O[C@@H]1CN(C)C(=O)Nc1ccccc1. The number of fused-ring (bicyclic) bond motifs is 1. The number of hydrogen-bond acceptors (Lipinski definition) is 5. The molecule has 0 aliphatic carbocycles. The molecule has 0 spiro atoms. The average Bonchev–Trinajstić information content (AvgIpc) is 2.86. The maximum atomic E-state index is 13.2. The van der Waals surface area contributed by atoms with Crippen LogP contribution in [0.3, 0.4) is 0 Å². The summed E-state index contributed by atoms with van der Waals surface area (Å²) in [5.74, 6) is 0.514. The highest BCUT2D eigenvalue weighted by atomic mass is 16.5. The molecule has 3 amide bonds. The smallest absolute Gasteiger partial charge is 0.321 e. The van der Waals surface area contributed by atoms with Crippen LogP contribution in [0.1, 0.15) is 19.4 Å². The monoisotopic (exact) mass is 468 g/mol. The number of aliphatic hydroxyl groups excluding tert-OH is 1. The van der Waals surface area contributed by atoms with Crippen LogP contribution in [0.2, 0.25) is 0 Å². The first-order valence-electron chi connectivity index (χ1n) is 11.6. The summed E-state index contributed by atoms with van der Waals surface area (Å²) >= 11 is 0. The van der Waals surface area contributed by atoms with Gasteiger partial charge in [0.1, 0.15) is 11.9 Å². The van der Waals surface area contributed by atoms with Crippen molar-refractivity contribution in [2.75, 3.05) is 51.1 Å². The molecule has 1 aliphatic heterocycles. The molecule has 0 unspecified atom stereocenters. The van der Waals surface area contributed by atoms with E-state index in [4.69, 9.17) is 4.74 Å². The number of urea groups is 1.